The van der Waals surface area contributed by atoms with Crippen LogP contribution in [0.5, 0.6) is 0 Å². The number of hydrogen-bond donors (Lipinski definition) is 2. The molecule has 4 atom stereocenters. The van der Waals surface area contributed by atoms with Gasteiger partial charge in [0.1, 0.15) is 5.41 Å². The van der Waals surface area contributed by atoms with Crippen LogP contribution in [0.25, 0.3) is 0 Å². The van der Waals surface area contributed by atoms with Gasteiger partial charge in [0.2, 0.25) is 0 Å². The van der Waals surface area contributed by atoms with Crippen molar-refractivity contribution in [2.24, 2.45) is 17.3 Å². The number of aliphatic carboxylic acids is 1. The molecule has 0 aliphatic heterocycles. The first-order valence-electron chi connectivity index (χ1n) is 9.86. The standard InChI is InChI=1S/C22H31ClO3/c1-20(2,3)22(19(24)25,16-10-6-11-17(23)14-16)21(26)13-7-9-15-8-4-5-12-18(15)21/h6,10-11,14-15,18,26H,4-5,7-9,12-13H2,1-3H3,(H,24,25). The van der Waals surface area contributed by atoms with Crippen LogP contribution in [-0.4, -0.2) is 21.8 Å². The summed E-state index contributed by atoms with van der Waals surface area (Å²) in [5.41, 5.74) is -2.72. The van der Waals surface area contributed by atoms with Crippen molar-refractivity contribution in [3.63, 3.8) is 0 Å². The molecule has 2 N–H and O–H groups in total. The Hall–Kier alpha value is -1.06. The molecule has 0 heterocycles. The van der Waals surface area contributed by atoms with Crippen LogP contribution in [0.4, 0.5) is 0 Å². The minimum Gasteiger partial charge on any atom is -0.480 e. The Morgan fingerprint density at radius 1 is 1.15 bits per heavy atom. The summed E-state index contributed by atoms with van der Waals surface area (Å²) in [6.07, 6.45) is 6.77. The second-order valence-corrected chi connectivity index (χ2v) is 9.72. The summed E-state index contributed by atoms with van der Waals surface area (Å²) in [5.74, 6) is -0.497. The third-order valence-corrected chi connectivity index (χ3v) is 7.24. The fraction of sp³-hybridized carbons (Fsp3) is 0.682. The summed E-state index contributed by atoms with van der Waals surface area (Å²) in [7, 11) is 0. The number of aliphatic hydroxyl groups is 1. The summed E-state index contributed by atoms with van der Waals surface area (Å²) < 4.78 is 0. The lowest BCUT2D eigenvalue weighted by Crippen LogP contribution is -2.68. The summed E-state index contributed by atoms with van der Waals surface area (Å²) in [4.78, 5) is 13.0. The first-order chi connectivity index (χ1) is 12.1. The van der Waals surface area contributed by atoms with Gasteiger partial charge < -0.3 is 10.2 Å². The minimum absolute atomic E-state index is 0.0271. The molecule has 0 amide bonds. The molecule has 0 aromatic heterocycles. The third kappa shape index (κ3) is 2.79. The number of benzene rings is 1. The zero-order chi connectivity index (χ0) is 19.2. The average molecular weight is 379 g/mol. The van der Waals surface area contributed by atoms with E-state index in [1.54, 1.807) is 18.2 Å². The van der Waals surface area contributed by atoms with Crippen LogP contribution in [0, 0.1) is 17.3 Å². The molecular weight excluding hydrogens is 348 g/mol. The minimum atomic E-state index is -1.40. The van der Waals surface area contributed by atoms with E-state index in [2.05, 4.69) is 0 Å². The van der Waals surface area contributed by atoms with Gasteiger partial charge in [-0.1, -0.05) is 70.2 Å². The summed E-state index contributed by atoms with van der Waals surface area (Å²) in [6.45, 7) is 5.81. The molecule has 0 radical (unpaired) electrons. The smallest absolute Gasteiger partial charge is 0.317 e. The molecule has 144 valence electrons. The zero-order valence-electron chi connectivity index (χ0n) is 16.1. The maximum absolute atomic E-state index is 13.0. The maximum atomic E-state index is 13.0. The van der Waals surface area contributed by atoms with E-state index in [-0.39, 0.29) is 5.92 Å². The third-order valence-electron chi connectivity index (χ3n) is 7.01. The molecule has 1 aromatic rings. The quantitative estimate of drug-likeness (QED) is 0.737. The highest BCUT2D eigenvalue weighted by atomic mass is 35.5. The van der Waals surface area contributed by atoms with E-state index in [4.69, 9.17) is 11.6 Å². The molecule has 0 bridgehead atoms. The van der Waals surface area contributed by atoms with E-state index in [0.717, 1.165) is 32.1 Å². The summed E-state index contributed by atoms with van der Waals surface area (Å²) in [6, 6.07) is 7.13. The van der Waals surface area contributed by atoms with Crippen molar-refractivity contribution < 1.29 is 15.0 Å². The fourth-order valence-corrected chi connectivity index (χ4v) is 6.34. The van der Waals surface area contributed by atoms with Crippen molar-refractivity contribution >= 4 is 17.6 Å². The number of halogens is 1. The highest BCUT2D eigenvalue weighted by molar-refractivity contribution is 6.30. The predicted octanol–water partition coefficient (Wildman–Crippen LogP) is 5.43. The van der Waals surface area contributed by atoms with E-state index in [1.807, 2.05) is 26.8 Å². The monoisotopic (exact) mass is 378 g/mol. The Balaban J connectivity index is 2.27. The highest BCUT2D eigenvalue weighted by Crippen LogP contribution is 2.60. The SMILES string of the molecule is CC(C)(C)C(C(=O)O)(c1cccc(Cl)c1)C1(O)CCCC2CCCCC21. The fourth-order valence-electron chi connectivity index (χ4n) is 6.15. The number of fused-ring (bicyclic) bond motifs is 1. The largest absolute Gasteiger partial charge is 0.480 e. The lowest BCUT2D eigenvalue weighted by molar-refractivity contribution is -0.195. The Morgan fingerprint density at radius 3 is 2.42 bits per heavy atom. The molecule has 26 heavy (non-hydrogen) atoms. The van der Waals surface area contributed by atoms with Gasteiger partial charge in [0.15, 0.2) is 0 Å². The number of rotatable bonds is 3. The molecule has 4 unspecified atom stereocenters. The van der Waals surface area contributed by atoms with Crippen molar-refractivity contribution in [2.45, 2.75) is 76.7 Å². The van der Waals surface area contributed by atoms with Crippen LogP contribution < -0.4 is 0 Å². The van der Waals surface area contributed by atoms with Crippen LogP contribution >= 0.6 is 11.6 Å². The first kappa shape index (κ1) is 19.7. The molecule has 4 heteroatoms. The second kappa shape index (κ2) is 6.83. The highest BCUT2D eigenvalue weighted by Gasteiger charge is 2.67. The predicted molar refractivity (Wildman–Crippen MR) is 104 cm³/mol. The molecule has 3 rings (SSSR count). The van der Waals surface area contributed by atoms with Gasteiger partial charge in [-0.05, 0) is 54.2 Å². The van der Waals surface area contributed by atoms with Crippen molar-refractivity contribution in [3.8, 4) is 0 Å². The molecule has 2 aliphatic carbocycles. The second-order valence-electron chi connectivity index (χ2n) is 9.28. The normalized spacial score (nSPS) is 31.7. The van der Waals surface area contributed by atoms with Crippen molar-refractivity contribution in [3.05, 3.63) is 34.9 Å². The lowest BCUT2D eigenvalue weighted by Gasteiger charge is -2.59. The molecule has 2 fully saturated rings. The number of carboxylic acids is 1. The van der Waals surface area contributed by atoms with Gasteiger partial charge in [0.05, 0.1) is 5.60 Å². The Bertz CT molecular complexity index is 678. The molecular formula is C22H31ClO3. The van der Waals surface area contributed by atoms with Crippen LogP contribution in [0.1, 0.15) is 71.3 Å². The van der Waals surface area contributed by atoms with Gasteiger partial charge in [-0.3, -0.25) is 4.79 Å². The van der Waals surface area contributed by atoms with E-state index >= 15 is 0 Å². The van der Waals surface area contributed by atoms with Gasteiger partial charge in [-0.2, -0.15) is 0 Å². The number of carboxylic acid groups (broad SMARTS) is 1. The van der Waals surface area contributed by atoms with Crippen molar-refractivity contribution in [1.29, 1.82) is 0 Å². The van der Waals surface area contributed by atoms with Gasteiger partial charge in [0.25, 0.3) is 0 Å². The van der Waals surface area contributed by atoms with E-state index in [1.165, 1.54) is 6.42 Å². The van der Waals surface area contributed by atoms with Gasteiger partial charge in [0, 0.05) is 5.02 Å². The molecule has 3 nitrogen and oxygen atoms in total. The van der Waals surface area contributed by atoms with Crippen LogP contribution in [0.2, 0.25) is 5.02 Å². The Labute approximate surface area is 161 Å². The van der Waals surface area contributed by atoms with Crippen LogP contribution in [0.3, 0.4) is 0 Å². The molecule has 1 aromatic carbocycles. The van der Waals surface area contributed by atoms with Gasteiger partial charge in [-0.15, -0.1) is 0 Å². The van der Waals surface area contributed by atoms with Crippen LogP contribution in [-0.2, 0) is 10.2 Å². The molecule has 0 spiro atoms. The first-order valence-corrected chi connectivity index (χ1v) is 10.2. The molecule has 0 saturated heterocycles. The van der Waals surface area contributed by atoms with Crippen molar-refractivity contribution in [2.75, 3.05) is 0 Å². The number of hydrogen-bond acceptors (Lipinski definition) is 2. The average Bonchev–Trinajstić information content (AvgIpc) is 2.54. The zero-order valence-corrected chi connectivity index (χ0v) is 16.9. The maximum Gasteiger partial charge on any atom is 0.317 e. The van der Waals surface area contributed by atoms with E-state index in [9.17, 15) is 15.0 Å². The van der Waals surface area contributed by atoms with E-state index < -0.39 is 22.4 Å². The Kier molecular flexibility index (Phi) is 5.18. The van der Waals surface area contributed by atoms with Crippen molar-refractivity contribution in [1.82, 2.24) is 0 Å². The van der Waals surface area contributed by atoms with Crippen LogP contribution in [0.15, 0.2) is 24.3 Å². The van der Waals surface area contributed by atoms with Gasteiger partial charge >= 0.3 is 5.97 Å². The molecule has 2 aliphatic rings. The topological polar surface area (TPSA) is 57.5 Å². The lowest BCUT2D eigenvalue weighted by atomic mass is 9.46. The van der Waals surface area contributed by atoms with E-state index in [0.29, 0.717) is 22.9 Å². The Morgan fingerprint density at radius 2 is 1.81 bits per heavy atom. The summed E-state index contributed by atoms with van der Waals surface area (Å²) in [5, 5.41) is 23.3. The molecule has 2 saturated carbocycles. The van der Waals surface area contributed by atoms with Gasteiger partial charge in [-0.25, -0.2) is 0 Å². The summed E-state index contributed by atoms with van der Waals surface area (Å²) >= 11 is 6.25. The number of carbonyl (C=O) groups is 1.